The number of ether oxygens (including phenoxy) is 1. The quantitative estimate of drug-likeness (QED) is 0.137. The fraction of sp³-hybridized carbons (Fsp3) is 0.448. The van der Waals surface area contributed by atoms with Gasteiger partial charge in [-0.1, -0.05) is 17.7 Å². The maximum absolute atomic E-state index is 15.6. The van der Waals surface area contributed by atoms with Gasteiger partial charge in [-0.3, -0.25) is 9.78 Å². The fourth-order valence-corrected chi connectivity index (χ4v) is 6.34. The van der Waals surface area contributed by atoms with Crippen LogP contribution >= 0.6 is 23.4 Å². The van der Waals surface area contributed by atoms with Crippen LogP contribution in [-0.2, 0) is 11.0 Å². The van der Waals surface area contributed by atoms with Crippen molar-refractivity contribution in [1.29, 1.82) is 0 Å². The van der Waals surface area contributed by atoms with Crippen molar-refractivity contribution in [2.45, 2.75) is 49.3 Å². The summed E-state index contributed by atoms with van der Waals surface area (Å²) in [5, 5.41) is 10.8. The zero-order valence-corrected chi connectivity index (χ0v) is 23.6. The van der Waals surface area contributed by atoms with Gasteiger partial charge in [0, 0.05) is 22.0 Å². The number of benzene rings is 2. The van der Waals surface area contributed by atoms with E-state index in [1.54, 1.807) is 24.3 Å². The lowest BCUT2D eigenvalue weighted by atomic mass is 9.74. The second-order valence-electron chi connectivity index (χ2n) is 10.1. The van der Waals surface area contributed by atoms with Crippen LogP contribution in [0.3, 0.4) is 0 Å². The van der Waals surface area contributed by atoms with Gasteiger partial charge in [0.1, 0.15) is 11.9 Å². The second-order valence-corrected chi connectivity index (χ2v) is 11.6. The van der Waals surface area contributed by atoms with Crippen molar-refractivity contribution in [2.24, 2.45) is 5.41 Å². The van der Waals surface area contributed by atoms with Gasteiger partial charge < -0.3 is 14.7 Å². The molecule has 0 saturated carbocycles. The molecule has 2 heterocycles. The van der Waals surface area contributed by atoms with Gasteiger partial charge in [0.15, 0.2) is 0 Å². The molecule has 1 N–H and O–H groups in total. The Bertz CT molecular complexity index is 1330. The number of nitrogens with zero attached hydrogens (tertiary/aromatic N) is 2. The van der Waals surface area contributed by atoms with Gasteiger partial charge in [0.25, 0.3) is 0 Å². The number of alkyl halides is 4. The zero-order valence-electron chi connectivity index (χ0n) is 22.0. The summed E-state index contributed by atoms with van der Waals surface area (Å²) in [7, 11) is 1.52. The first-order valence-corrected chi connectivity index (χ1v) is 14.4. The zero-order chi connectivity index (χ0) is 28.9. The Morgan fingerprint density at radius 3 is 2.65 bits per heavy atom. The van der Waals surface area contributed by atoms with E-state index in [2.05, 4.69) is 9.88 Å². The van der Waals surface area contributed by atoms with E-state index in [0.717, 1.165) is 18.6 Å². The van der Waals surface area contributed by atoms with Crippen molar-refractivity contribution in [3.05, 3.63) is 64.8 Å². The Hall–Kier alpha value is -2.56. The maximum Gasteiger partial charge on any atom is 0.416 e. The monoisotopic (exact) mass is 598 g/mol. The van der Waals surface area contributed by atoms with Crippen molar-refractivity contribution in [2.75, 3.05) is 32.5 Å². The number of piperidine rings is 1. The van der Waals surface area contributed by atoms with Crippen LogP contribution in [0.4, 0.5) is 17.6 Å². The van der Waals surface area contributed by atoms with E-state index in [9.17, 15) is 23.1 Å². The van der Waals surface area contributed by atoms with Crippen molar-refractivity contribution in [3.63, 3.8) is 0 Å². The molecule has 1 aliphatic heterocycles. The summed E-state index contributed by atoms with van der Waals surface area (Å²) >= 11 is 7.71. The van der Waals surface area contributed by atoms with E-state index in [1.807, 2.05) is 0 Å². The van der Waals surface area contributed by atoms with E-state index in [0.29, 0.717) is 65.3 Å². The molecule has 2 aromatic carbocycles. The molecule has 216 valence electrons. The van der Waals surface area contributed by atoms with Crippen LogP contribution in [0.1, 0.15) is 49.4 Å². The van der Waals surface area contributed by atoms with Gasteiger partial charge in [0.05, 0.1) is 28.6 Å². The number of hydrogen-bond donors (Lipinski definition) is 1. The van der Waals surface area contributed by atoms with Crippen LogP contribution in [0, 0.1) is 5.41 Å². The van der Waals surface area contributed by atoms with Gasteiger partial charge in [-0.15, -0.1) is 11.8 Å². The first-order chi connectivity index (χ1) is 19.0. The van der Waals surface area contributed by atoms with Crippen molar-refractivity contribution >= 4 is 40.2 Å². The molecule has 4 rings (SSSR count). The Labute approximate surface area is 239 Å². The van der Waals surface area contributed by atoms with Crippen LogP contribution in [0.5, 0.6) is 5.75 Å². The molecular weight excluding hydrogens is 568 g/mol. The smallest absolute Gasteiger partial charge is 0.416 e. The lowest BCUT2D eigenvalue weighted by Crippen LogP contribution is -2.44. The average molecular weight is 599 g/mol. The van der Waals surface area contributed by atoms with Crippen molar-refractivity contribution in [3.8, 4) is 5.75 Å². The molecular formula is C29H31ClF4N2O3S. The SMILES string of the molecule is COc1ccc2ncc(Cl)c([C@@H](F)CCC3(C(=O)O)CCN(CCCSc4cccc(C(F)(F)F)c4)CC3)c2c1. The van der Waals surface area contributed by atoms with Gasteiger partial charge in [-0.05, 0) is 93.9 Å². The molecule has 0 unspecified atom stereocenters. The number of likely N-dealkylation sites (tertiary alicyclic amines) is 1. The number of carboxylic acids is 1. The molecule has 0 spiro atoms. The first kappa shape index (κ1) is 30.4. The molecule has 5 nitrogen and oxygen atoms in total. The highest BCUT2D eigenvalue weighted by Gasteiger charge is 2.41. The van der Waals surface area contributed by atoms with Gasteiger partial charge in [-0.2, -0.15) is 13.2 Å². The highest BCUT2D eigenvalue weighted by Crippen LogP contribution is 2.42. The van der Waals surface area contributed by atoms with Crippen molar-refractivity contribution in [1.82, 2.24) is 9.88 Å². The molecule has 0 bridgehead atoms. The van der Waals surface area contributed by atoms with Crippen LogP contribution in [-0.4, -0.2) is 53.5 Å². The minimum atomic E-state index is -4.37. The number of fused-ring (bicyclic) bond motifs is 1. The molecule has 1 aliphatic rings. The minimum absolute atomic E-state index is 0.00989. The molecule has 0 radical (unpaired) electrons. The molecule has 11 heteroatoms. The molecule has 3 aromatic rings. The summed E-state index contributed by atoms with van der Waals surface area (Å²) in [6.07, 6.45) is -2.69. The number of halogens is 5. The Morgan fingerprint density at radius 1 is 1.23 bits per heavy atom. The minimum Gasteiger partial charge on any atom is -0.497 e. The highest BCUT2D eigenvalue weighted by atomic mass is 35.5. The summed E-state index contributed by atoms with van der Waals surface area (Å²) in [6, 6.07) is 10.4. The van der Waals surface area contributed by atoms with Crippen molar-refractivity contribution < 1.29 is 32.2 Å². The number of pyridine rings is 1. The van der Waals surface area contributed by atoms with E-state index in [4.69, 9.17) is 16.3 Å². The van der Waals surface area contributed by atoms with Gasteiger partial charge >= 0.3 is 12.1 Å². The number of thioether (sulfide) groups is 1. The number of methoxy groups -OCH3 is 1. The first-order valence-electron chi connectivity index (χ1n) is 13.0. The van der Waals surface area contributed by atoms with Crippen LogP contribution in [0.25, 0.3) is 10.9 Å². The third-order valence-corrected chi connectivity index (χ3v) is 8.95. The summed E-state index contributed by atoms with van der Waals surface area (Å²) < 4.78 is 59.7. The standard InChI is InChI=1S/C29H31ClF4N2O3S/c1-39-20-6-7-25-22(17-20)26(23(30)18-35-25)24(31)8-9-28(27(37)38)10-13-36(14-11-28)12-3-15-40-21-5-2-4-19(16-21)29(32,33)34/h2,4-7,16-18,24H,3,8-15H2,1H3,(H,37,38)/t24-/m0/s1. The summed E-state index contributed by atoms with van der Waals surface area (Å²) in [5.74, 6) is 0.274. The lowest BCUT2D eigenvalue weighted by Gasteiger charge is -2.39. The third-order valence-electron chi connectivity index (χ3n) is 7.57. The molecule has 1 saturated heterocycles. The number of aliphatic carboxylic acids is 1. The van der Waals surface area contributed by atoms with Gasteiger partial charge in [0.2, 0.25) is 0 Å². The number of aromatic nitrogens is 1. The fourth-order valence-electron chi connectivity index (χ4n) is 5.18. The number of carboxylic acid groups (broad SMARTS) is 1. The highest BCUT2D eigenvalue weighted by molar-refractivity contribution is 7.99. The Balaban J connectivity index is 1.31. The Kier molecular flexibility index (Phi) is 9.85. The maximum atomic E-state index is 15.6. The average Bonchev–Trinajstić information content (AvgIpc) is 2.94. The van der Waals surface area contributed by atoms with Crippen LogP contribution in [0.2, 0.25) is 5.02 Å². The summed E-state index contributed by atoms with van der Waals surface area (Å²) in [6.45, 7) is 1.84. The van der Waals surface area contributed by atoms with E-state index in [1.165, 1.54) is 31.1 Å². The van der Waals surface area contributed by atoms with Crippen LogP contribution < -0.4 is 4.74 Å². The molecule has 1 atom stereocenters. The largest absolute Gasteiger partial charge is 0.497 e. The number of rotatable bonds is 11. The van der Waals surface area contributed by atoms with E-state index in [-0.39, 0.29) is 17.9 Å². The lowest BCUT2D eigenvalue weighted by molar-refractivity contribution is -0.153. The molecule has 40 heavy (non-hydrogen) atoms. The Morgan fingerprint density at radius 2 is 1.98 bits per heavy atom. The summed E-state index contributed by atoms with van der Waals surface area (Å²) in [4.78, 5) is 19.3. The van der Waals surface area contributed by atoms with E-state index < -0.39 is 29.3 Å². The third kappa shape index (κ3) is 7.19. The second kappa shape index (κ2) is 13.0. The van der Waals surface area contributed by atoms with Gasteiger partial charge in [-0.25, -0.2) is 4.39 Å². The summed E-state index contributed by atoms with van der Waals surface area (Å²) in [5.41, 5.74) is -0.814. The molecule has 0 aliphatic carbocycles. The molecule has 1 aromatic heterocycles. The van der Waals surface area contributed by atoms with E-state index >= 15 is 4.39 Å². The molecule has 0 amide bonds. The topological polar surface area (TPSA) is 62.7 Å². The number of carbonyl (C=O) groups is 1. The number of hydrogen-bond acceptors (Lipinski definition) is 5. The predicted molar refractivity (Wildman–Crippen MR) is 149 cm³/mol. The van der Waals surface area contributed by atoms with Crippen LogP contribution in [0.15, 0.2) is 53.6 Å². The normalized spacial score (nSPS) is 16.6. The molecule has 1 fully saturated rings. The predicted octanol–water partition coefficient (Wildman–Crippen LogP) is 8.06.